The van der Waals surface area contributed by atoms with Crippen molar-refractivity contribution in [2.75, 3.05) is 18.1 Å². The van der Waals surface area contributed by atoms with Gasteiger partial charge in [-0.1, -0.05) is 79.6 Å². The SMILES string of the molecule is CCCCCN(C(=O)OCC1c2ccccc2-c2ccccc21)c1nc(C)c(C(=O)O)s1. The fourth-order valence-corrected chi connectivity index (χ4v) is 5.07. The van der Waals surface area contributed by atoms with Gasteiger partial charge in [0.2, 0.25) is 0 Å². The first-order valence-corrected chi connectivity index (χ1v) is 11.7. The second-order valence-electron chi connectivity index (χ2n) is 7.88. The van der Waals surface area contributed by atoms with Crippen molar-refractivity contribution in [3.8, 4) is 11.1 Å². The zero-order valence-corrected chi connectivity index (χ0v) is 19.0. The highest BCUT2D eigenvalue weighted by Crippen LogP contribution is 2.44. The quantitative estimate of drug-likeness (QED) is 0.420. The summed E-state index contributed by atoms with van der Waals surface area (Å²) in [4.78, 5) is 30.6. The summed E-state index contributed by atoms with van der Waals surface area (Å²) in [6, 6.07) is 16.4. The van der Waals surface area contributed by atoms with Gasteiger partial charge in [0.1, 0.15) is 11.5 Å². The number of rotatable bonds is 8. The van der Waals surface area contributed by atoms with Crippen LogP contribution in [-0.4, -0.2) is 35.3 Å². The van der Waals surface area contributed by atoms with E-state index in [1.807, 2.05) is 24.3 Å². The average molecular weight is 451 g/mol. The van der Waals surface area contributed by atoms with E-state index in [2.05, 4.69) is 36.2 Å². The maximum absolute atomic E-state index is 13.1. The monoisotopic (exact) mass is 450 g/mol. The average Bonchev–Trinajstić information content (AvgIpc) is 3.33. The Hall–Kier alpha value is -3.19. The van der Waals surface area contributed by atoms with E-state index in [1.54, 1.807) is 6.92 Å². The molecule has 6 nitrogen and oxygen atoms in total. The lowest BCUT2D eigenvalue weighted by Gasteiger charge is -2.21. The van der Waals surface area contributed by atoms with Gasteiger partial charge in [-0.2, -0.15) is 0 Å². The topological polar surface area (TPSA) is 79.7 Å². The van der Waals surface area contributed by atoms with Crippen LogP contribution in [0.5, 0.6) is 0 Å². The number of amides is 1. The second-order valence-corrected chi connectivity index (χ2v) is 8.86. The third-order valence-electron chi connectivity index (χ3n) is 5.75. The van der Waals surface area contributed by atoms with Crippen LogP contribution in [0.3, 0.4) is 0 Å². The van der Waals surface area contributed by atoms with Crippen molar-refractivity contribution in [2.45, 2.75) is 39.0 Å². The van der Waals surface area contributed by atoms with Crippen molar-refractivity contribution in [3.63, 3.8) is 0 Å². The molecule has 1 N–H and O–H groups in total. The summed E-state index contributed by atoms with van der Waals surface area (Å²) in [6.45, 7) is 4.39. The largest absolute Gasteiger partial charge is 0.477 e. The lowest BCUT2D eigenvalue weighted by atomic mass is 9.98. The fraction of sp³-hybridized carbons (Fsp3) is 0.320. The molecule has 4 rings (SSSR count). The van der Waals surface area contributed by atoms with E-state index >= 15 is 0 Å². The number of benzene rings is 2. The Labute approximate surface area is 191 Å². The zero-order chi connectivity index (χ0) is 22.7. The Morgan fingerprint density at radius 3 is 2.25 bits per heavy atom. The normalized spacial score (nSPS) is 12.3. The number of aromatic nitrogens is 1. The molecule has 1 amide bonds. The molecule has 0 spiro atoms. The van der Waals surface area contributed by atoms with E-state index in [4.69, 9.17) is 4.74 Å². The molecule has 0 unspecified atom stereocenters. The molecule has 0 saturated heterocycles. The van der Waals surface area contributed by atoms with Crippen LogP contribution in [0.15, 0.2) is 48.5 Å². The number of nitrogens with zero attached hydrogens (tertiary/aromatic N) is 2. The van der Waals surface area contributed by atoms with Gasteiger partial charge < -0.3 is 9.84 Å². The first-order valence-electron chi connectivity index (χ1n) is 10.8. The zero-order valence-electron chi connectivity index (χ0n) is 18.2. The van der Waals surface area contributed by atoms with Crippen LogP contribution in [0.4, 0.5) is 9.93 Å². The molecule has 32 heavy (non-hydrogen) atoms. The van der Waals surface area contributed by atoms with Gasteiger partial charge in [-0.3, -0.25) is 4.90 Å². The number of carboxylic acids is 1. The minimum absolute atomic E-state index is 0.0311. The highest BCUT2D eigenvalue weighted by molar-refractivity contribution is 7.17. The van der Waals surface area contributed by atoms with Gasteiger partial charge in [0.25, 0.3) is 0 Å². The lowest BCUT2D eigenvalue weighted by Crippen LogP contribution is -2.33. The smallest absolute Gasteiger partial charge is 0.416 e. The summed E-state index contributed by atoms with van der Waals surface area (Å²) in [6.07, 6.45) is 2.27. The number of ether oxygens (including phenoxy) is 1. The Bertz CT molecular complexity index is 1090. The van der Waals surface area contributed by atoms with E-state index in [1.165, 1.54) is 16.0 Å². The molecule has 1 heterocycles. The molecule has 2 aromatic carbocycles. The molecule has 1 aromatic heterocycles. The van der Waals surface area contributed by atoms with Gasteiger partial charge >= 0.3 is 12.1 Å². The van der Waals surface area contributed by atoms with Crippen molar-refractivity contribution in [1.29, 1.82) is 0 Å². The van der Waals surface area contributed by atoms with E-state index in [9.17, 15) is 14.7 Å². The van der Waals surface area contributed by atoms with E-state index in [-0.39, 0.29) is 17.4 Å². The minimum atomic E-state index is -1.03. The second kappa shape index (κ2) is 9.53. The van der Waals surface area contributed by atoms with Crippen LogP contribution in [0.25, 0.3) is 11.1 Å². The molecule has 0 aliphatic heterocycles. The first-order chi connectivity index (χ1) is 15.5. The summed E-state index contributed by atoms with van der Waals surface area (Å²) < 4.78 is 5.80. The van der Waals surface area contributed by atoms with Gasteiger partial charge in [0, 0.05) is 12.5 Å². The Morgan fingerprint density at radius 2 is 1.69 bits per heavy atom. The highest BCUT2D eigenvalue weighted by atomic mass is 32.1. The first kappa shape index (κ1) is 22.0. The van der Waals surface area contributed by atoms with Gasteiger partial charge in [-0.05, 0) is 35.6 Å². The molecule has 3 aromatic rings. The van der Waals surface area contributed by atoms with Crippen LogP contribution in [0, 0.1) is 6.92 Å². The van der Waals surface area contributed by atoms with Crippen molar-refractivity contribution in [3.05, 3.63) is 70.2 Å². The predicted molar refractivity (Wildman–Crippen MR) is 126 cm³/mol. The van der Waals surface area contributed by atoms with Crippen LogP contribution in [0.2, 0.25) is 0 Å². The molecule has 0 bridgehead atoms. The van der Waals surface area contributed by atoms with E-state index in [0.29, 0.717) is 17.4 Å². The molecule has 0 atom stereocenters. The van der Waals surface area contributed by atoms with Crippen molar-refractivity contribution < 1.29 is 19.4 Å². The maximum Gasteiger partial charge on any atom is 0.416 e. The number of hydrogen-bond acceptors (Lipinski definition) is 5. The number of hydrogen-bond donors (Lipinski definition) is 1. The number of carbonyl (C=O) groups is 2. The predicted octanol–water partition coefficient (Wildman–Crippen LogP) is 6.10. The van der Waals surface area contributed by atoms with E-state index in [0.717, 1.165) is 41.7 Å². The highest BCUT2D eigenvalue weighted by Gasteiger charge is 2.30. The van der Waals surface area contributed by atoms with Crippen molar-refractivity contribution in [1.82, 2.24) is 4.98 Å². The third-order valence-corrected chi connectivity index (χ3v) is 6.92. The van der Waals surface area contributed by atoms with Gasteiger partial charge in [0.15, 0.2) is 5.13 Å². The summed E-state index contributed by atoms with van der Waals surface area (Å²) in [5.74, 6) is -1.07. The Balaban J connectivity index is 1.55. The van der Waals surface area contributed by atoms with Crippen LogP contribution >= 0.6 is 11.3 Å². The summed E-state index contributed by atoms with van der Waals surface area (Å²) >= 11 is 1.01. The molecule has 0 radical (unpaired) electrons. The molecule has 166 valence electrons. The number of carbonyl (C=O) groups excluding carboxylic acids is 1. The molecule has 0 saturated carbocycles. The number of aromatic carboxylic acids is 1. The molecular weight excluding hydrogens is 424 g/mol. The summed E-state index contributed by atoms with van der Waals surface area (Å²) in [5, 5.41) is 9.75. The maximum atomic E-state index is 13.1. The van der Waals surface area contributed by atoms with Gasteiger partial charge in [-0.25, -0.2) is 14.6 Å². The summed E-state index contributed by atoms with van der Waals surface area (Å²) in [5.41, 5.74) is 5.05. The third kappa shape index (κ3) is 4.25. The van der Waals surface area contributed by atoms with Crippen LogP contribution in [0.1, 0.15) is 58.6 Å². The Kier molecular flexibility index (Phi) is 6.55. The number of fused-ring (bicyclic) bond motifs is 3. The van der Waals surface area contributed by atoms with E-state index < -0.39 is 12.1 Å². The van der Waals surface area contributed by atoms with Gasteiger partial charge in [0.05, 0.1) is 5.69 Å². The summed E-state index contributed by atoms with van der Waals surface area (Å²) in [7, 11) is 0. The Morgan fingerprint density at radius 1 is 1.06 bits per heavy atom. The van der Waals surface area contributed by atoms with Crippen molar-refractivity contribution >= 4 is 28.5 Å². The number of carboxylic acid groups (broad SMARTS) is 1. The van der Waals surface area contributed by atoms with Crippen LogP contribution in [-0.2, 0) is 4.74 Å². The minimum Gasteiger partial charge on any atom is -0.477 e. The lowest BCUT2D eigenvalue weighted by molar-refractivity contribution is 0.0701. The number of unbranched alkanes of at least 4 members (excludes halogenated alkanes) is 2. The molecular formula is C25H26N2O4S. The number of anilines is 1. The fourth-order valence-electron chi connectivity index (χ4n) is 4.15. The number of aryl methyl sites for hydroxylation is 1. The number of thiazole rings is 1. The van der Waals surface area contributed by atoms with Crippen LogP contribution < -0.4 is 4.90 Å². The molecule has 7 heteroatoms. The molecule has 1 aliphatic carbocycles. The van der Waals surface area contributed by atoms with Gasteiger partial charge in [-0.15, -0.1) is 0 Å². The van der Waals surface area contributed by atoms with Crippen molar-refractivity contribution in [2.24, 2.45) is 0 Å². The molecule has 1 aliphatic rings. The standard InChI is InChI=1S/C25H26N2O4S/c1-3-4-9-14-27(24-26-16(2)22(32-24)23(28)29)25(30)31-15-21-19-12-7-5-10-17(19)18-11-6-8-13-20(18)21/h5-8,10-13,21H,3-4,9,14-15H2,1-2H3,(H,28,29). The molecule has 0 fully saturated rings.